The van der Waals surface area contributed by atoms with E-state index in [1.54, 1.807) is 12.2 Å². The van der Waals surface area contributed by atoms with E-state index in [2.05, 4.69) is 4.74 Å². The molecule has 0 amide bonds. The van der Waals surface area contributed by atoms with Crippen LogP contribution in [-0.2, 0) is 19.1 Å². The average Bonchev–Trinajstić information content (AvgIpc) is 2.74. The van der Waals surface area contributed by atoms with E-state index in [0.717, 1.165) is 6.42 Å². The summed E-state index contributed by atoms with van der Waals surface area (Å²) >= 11 is 0. The number of carbonyl (C=O) groups excluding carboxylic acids is 2. The number of carbonyl (C=O) groups is 2. The standard InChI is InChI=1S/C11H14O4/c1-3-6-15-11(13)9-5-4-8(7-9)10(12)14-2/h4-5H,3,6-7H2,1-2H3. The van der Waals surface area contributed by atoms with Gasteiger partial charge in [0.1, 0.15) is 0 Å². The van der Waals surface area contributed by atoms with Gasteiger partial charge in [0.2, 0.25) is 0 Å². The molecule has 0 saturated heterocycles. The maximum atomic E-state index is 11.4. The number of methoxy groups -OCH3 is 1. The molecule has 0 aromatic heterocycles. The zero-order valence-electron chi connectivity index (χ0n) is 8.91. The lowest BCUT2D eigenvalue weighted by molar-refractivity contribution is -0.139. The molecule has 82 valence electrons. The van der Waals surface area contributed by atoms with Crippen LogP contribution in [0.15, 0.2) is 23.3 Å². The van der Waals surface area contributed by atoms with Crippen LogP contribution in [-0.4, -0.2) is 25.7 Å². The van der Waals surface area contributed by atoms with Crippen molar-refractivity contribution >= 4 is 11.9 Å². The SMILES string of the molecule is CCCOC(=O)C1=CC=C(C(=O)OC)C1. The molecule has 0 aliphatic heterocycles. The molecule has 1 rings (SSSR count). The molecule has 0 atom stereocenters. The van der Waals surface area contributed by atoms with Gasteiger partial charge in [-0.15, -0.1) is 0 Å². The Kier molecular flexibility index (Phi) is 4.09. The van der Waals surface area contributed by atoms with Gasteiger partial charge < -0.3 is 9.47 Å². The Morgan fingerprint density at radius 2 is 1.87 bits per heavy atom. The highest BCUT2D eigenvalue weighted by atomic mass is 16.5. The van der Waals surface area contributed by atoms with Gasteiger partial charge in [-0.2, -0.15) is 0 Å². The van der Waals surface area contributed by atoms with Crippen molar-refractivity contribution in [1.29, 1.82) is 0 Å². The summed E-state index contributed by atoms with van der Waals surface area (Å²) in [5.41, 5.74) is 0.991. The minimum Gasteiger partial charge on any atom is -0.466 e. The molecule has 0 fully saturated rings. The Hall–Kier alpha value is -1.58. The molecule has 1 aliphatic carbocycles. The van der Waals surface area contributed by atoms with E-state index in [1.165, 1.54) is 7.11 Å². The summed E-state index contributed by atoms with van der Waals surface area (Å²) in [7, 11) is 1.32. The molecule has 0 radical (unpaired) electrons. The predicted octanol–water partition coefficient (Wildman–Crippen LogP) is 1.37. The van der Waals surface area contributed by atoms with Gasteiger partial charge in [0.25, 0.3) is 0 Å². The van der Waals surface area contributed by atoms with Gasteiger partial charge in [0, 0.05) is 17.6 Å². The fourth-order valence-electron chi connectivity index (χ4n) is 1.22. The summed E-state index contributed by atoms with van der Waals surface area (Å²) in [6.07, 6.45) is 4.28. The second kappa shape index (κ2) is 5.34. The van der Waals surface area contributed by atoms with Crippen molar-refractivity contribution in [2.24, 2.45) is 0 Å². The number of hydrogen-bond acceptors (Lipinski definition) is 4. The summed E-state index contributed by atoms with van der Waals surface area (Å²) in [4.78, 5) is 22.5. The van der Waals surface area contributed by atoms with Crippen molar-refractivity contribution in [2.75, 3.05) is 13.7 Å². The lowest BCUT2D eigenvalue weighted by Crippen LogP contribution is -2.10. The van der Waals surface area contributed by atoms with Crippen molar-refractivity contribution < 1.29 is 19.1 Å². The highest BCUT2D eigenvalue weighted by Crippen LogP contribution is 2.20. The number of hydrogen-bond donors (Lipinski definition) is 0. The van der Waals surface area contributed by atoms with Gasteiger partial charge >= 0.3 is 11.9 Å². The number of ether oxygens (including phenoxy) is 2. The minimum atomic E-state index is -0.399. The number of esters is 2. The first-order chi connectivity index (χ1) is 7.19. The van der Waals surface area contributed by atoms with E-state index in [9.17, 15) is 9.59 Å². The molecule has 0 aromatic rings. The quantitative estimate of drug-likeness (QED) is 0.657. The first-order valence-corrected chi connectivity index (χ1v) is 4.84. The van der Waals surface area contributed by atoms with Crippen LogP contribution < -0.4 is 0 Å². The normalized spacial score (nSPS) is 14.3. The van der Waals surface area contributed by atoms with Crippen LogP contribution >= 0.6 is 0 Å². The fourth-order valence-corrected chi connectivity index (χ4v) is 1.22. The third-order valence-corrected chi connectivity index (χ3v) is 2.01. The first-order valence-electron chi connectivity index (χ1n) is 4.84. The summed E-state index contributed by atoms with van der Waals surface area (Å²) < 4.78 is 9.49. The Morgan fingerprint density at radius 1 is 1.27 bits per heavy atom. The maximum absolute atomic E-state index is 11.4. The molecule has 0 bridgehead atoms. The zero-order chi connectivity index (χ0) is 11.3. The van der Waals surface area contributed by atoms with Gasteiger partial charge in [0.15, 0.2) is 0 Å². The molecule has 0 N–H and O–H groups in total. The van der Waals surface area contributed by atoms with Gasteiger partial charge in [-0.3, -0.25) is 0 Å². The third-order valence-electron chi connectivity index (χ3n) is 2.01. The molecule has 15 heavy (non-hydrogen) atoms. The summed E-state index contributed by atoms with van der Waals surface area (Å²) in [6, 6.07) is 0. The van der Waals surface area contributed by atoms with E-state index in [1.807, 2.05) is 6.92 Å². The molecular weight excluding hydrogens is 196 g/mol. The van der Waals surface area contributed by atoms with E-state index in [0.29, 0.717) is 24.2 Å². The topological polar surface area (TPSA) is 52.6 Å². The van der Waals surface area contributed by atoms with Crippen LogP contribution in [0.1, 0.15) is 19.8 Å². The Morgan fingerprint density at radius 3 is 2.40 bits per heavy atom. The van der Waals surface area contributed by atoms with Gasteiger partial charge in [-0.05, 0) is 6.42 Å². The smallest absolute Gasteiger partial charge is 0.334 e. The second-order valence-electron chi connectivity index (χ2n) is 3.19. The van der Waals surface area contributed by atoms with Gasteiger partial charge in [0.05, 0.1) is 13.7 Å². The Balaban J connectivity index is 2.45. The Bertz CT molecular complexity index is 325. The van der Waals surface area contributed by atoms with Gasteiger partial charge in [-0.1, -0.05) is 19.1 Å². The lowest BCUT2D eigenvalue weighted by Gasteiger charge is -2.04. The highest BCUT2D eigenvalue weighted by Gasteiger charge is 2.21. The highest BCUT2D eigenvalue weighted by molar-refractivity contribution is 5.97. The van der Waals surface area contributed by atoms with Crippen LogP contribution in [0.5, 0.6) is 0 Å². The third kappa shape index (κ3) is 2.94. The van der Waals surface area contributed by atoms with Crippen LogP contribution in [0.4, 0.5) is 0 Å². The minimum absolute atomic E-state index is 0.301. The van der Waals surface area contributed by atoms with Crippen LogP contribution in [0.3, 0.4) is 0 Å². The molecule has 0 heterocycles. The number of allylic oxidation sites excluding steroid dienone is 2. The van der Waals surface area contributed by atoms with Crippen molar-refractivity contribution in [3.8, 4) is 0 Å². The van der Waals surface area contributed by atoms with Crippen molar-refractivity contribution in [3.63, 3.8) is 0 Å². The van der Waals surface area contributed by atoms with E-state index < -0.39 is 5.97 Å². The van der Waals surface area contributed by atoms with Crippen LogP contribution in [0.25, 0.3) is 0 Å². The summed E-state index contributed by atoms with van der Waals surface area (Å²) in [6.45, 7) is 2.33. The second-order valence-corrected chi connectivity index (χ2v) is 3.19. The molecular formula is C11H14O4. The molecule has 0 aromatic carbocycles. The average molecular weight is 210 g/mol. The van der Waals surface area contributed by atoms with Gasteiger partial charge in [-0.25, -0.2) is 9.59 Å². The van der Waals surface area contributed by atoms with Crippen molar-refractivity contribution in [3.05, 3.63) is 23.3 Å². The summed E-state index contributed by atoms with van der Waals surface area (Å²) in [5, 5.41) is 0. The molecule has 0 saturated carbocycles. The molecule has 0 unspecified atom stereocenters. The predicted molar refractivity (Wildman–Crippen MR) is 54.0 cm³/mol. The summed E-state index contributed by atoms with van der Waals surface area (Å²) in [5.74, 6) is -0.753. The fraction of sp³-hybridized carbons (Fsp3) is 0.455. The monoisotopic (exact) mass is 210 g/mol. The Labute approximate surface area is 88.6 Å². The van der Waals surface area contributed by atoms with Crippen LogP contribution in [0, 0.1) is 0 Å². The maximum Gasteiger partial charge on any atom is 0.334 e. The van der Waals surface area contributed by atoms with Crippen molar-refractivity contribution in [2.45, 2.75) is 19.8 Å². The molecule has 4 heteroatoms. The van der Waals surface area contributed by atoms with E-state index in [4.69, 9.17) is 4.74 Å². The lowest BCUT2D eigenvalue weighted by atomic mass is 10.1. The molecule has 1 aliphatic rings. The zero-order valence-corrected chi connectivity index (χ0v) is 8.91. The molecule has 0 spiro atoms. The van der Waals surface area contributed by atoms with E-state index in [-0.39, 0.29) is 5.97 Å². The first kappa shape index (κ1) is 11.5. The molecule has 4 nitrogen and oxygen atoms in total. The van der Waals surface area contributed by atoms with Crippen molar-refractivity contribution in [1.82, 2.24) is 0 Å². The number of rotatable bonds is 4. The largest absolute Gasteiger partial charge is 0.466 e. The van der Waals surface area contributed by atoms with Crippen LogP contribution in [0.2, 0.25) is 0 Å². The van der Waals surface area contributed by atoms with E-state index >= 15 is 0 Å².